The molecule has 2 aromatic rings. The van der Waals surface area contributed by atoms with Crippen LogP contribution in [0.4, 0.5) is 5.69 Å². The third kappa shape index (κ3) is 6.22. The summed E-state index contributed by atoms with van der Waals surface area (Å²) in [5.41, 5.74) is 0.236. The van der Waals surface area contributed by atoms with Crippen LogP contribution in [0.25, 0.3) is 0 Å². The second-order valence-corrected chi connectivity index (χ2v) is 7.13. The topological polar surface area (TPSA) is 133 Å². The summed E-state index contributed by atoms with van der Waals surface area (Å²) >= 11 is -5.15. The summed E-state index contributed by atoms with van der Waals surface area (Å²) in [5.74, 6) is -0.832. The number of carbonyl (C=O) groups excluding carboxylic acids is 1. The quantitative estimate of drug-likeness (QED) is 0.417. The molecule has 0 bridgehead atoms. The van der Waals surface area contributed by atoms with Crippen LogP contribution in [0.2, 0.25) is 0 Å². The molecule has 4 N–H and O–H groups in total. The van der Waals surface area contributed by atoms with Crippen molar-refractivity contribution in [1.82, 2.24) is 9.97 Å². The number of nitrogens with one attached hydrogen (secondary N) is 1. The second kappa shape index (κ2) is 7.58. The summed E-state index contributed by atoms with van der Waals surface area (Å²) in [6, 6.07) is 5.32. The van der Waals surface area contributed by atoms with Gasteiger partial charge in [-0.15, -0.1) is 0 Å². The van der Waals surface area contributed by atoms with Crippen LogP contribution in [0.15, 0.2) is 43.0 Å². The fourth-order valence-electron chi connectivity index (χ4n) is 1.29. The first kappa shape index (κ1) is 16.9. The normalized spacial score (nSPS) is 10.2. The SMILES string of the molecule is CC(=O)Nc1ccc(O)c([As](=O)(O)O)c1.c1cncnc1. The predicted octanol–water partition coefficient (Wildman–Crippen LogP) is -0.612. The van der Waals surface area contributed by atoms with E-state index in [1.165, 1.54) is 19.3 Å². The van der Waals surface area contributed by atoms with E-state index in [1.54, 1.807) is 18.5 Å². The maximum atomic E-state index is 11.0. The molecule has 0 saturated heterocycles. The third-order valence-electron chi connectivity index (χ3n) is 2.09. The molecule has 0 spiro atoms. The van der Waals surface area contributed by atoms with Crippen LogP contribution in [0, 0.1) is 0 Å². The van der Waals surface area contributed by atoms with Crippen LogP contribution in [-0.4, -0.2) is 43.3 Å². The van der Waals surface area contributed by atoms with Crippen LogP contribution >= 0.6 is 0 Å². The number of nitrogens with zero attached hydrogens (tertiary/aromatic N) is 2. The molecule has 1 aromatic heterocycles. The smallest absolute Gasteiger partial charge is 0.115 e. The zero-order chi connectivity index (χ0) is 15.9. The number of amides is 1. The first-order chi connectivity index (χ1) is 9.80. The molecule has 2 rings (SSSR count). The van der Waals surface area contributed by atoms with E-state index >= 15 is 0 Å². The Labute approximate surface area is 123 Å². The number of anilines is 1. The molecule has 21 heavy (non-hydrogen) atoms. The van der Waals surface area contributed by atoms with E-state index in [9.17, 15) is 13.6 Å². The molecule has 0 aliphatic heterocycles. The van der Waals surface area contributed by atoms with Gasteiger partial charge in [0, 0.05) is 12.4 Å². The van der Waals surface area contributed by atoms with Gasteiger partial charge < -0.3 is 0 Å². The van der Waals surface area contributed by atoms with Gasteiger partial charge in [0.25, 0.3) is 0 Å². The van der Waals surface area contributed by atoms with Crippen molar-refractivity contribution in [1.29, 1.82) is 0 Å². The standard InChI is InChI=1S/C8H10AsNO5.C4H4N2/c1-5(11)10-6-2-3-8(12)7(4-6)9(13,14)15;1-2-5-4-6-3-1/h2-4,12H,1H3,(H,10,11)(H2,13,14,15);1-4H. The van der Waals surface area contributed by atoms with Crippen molar-refractivity contribution in [2.45, 2.75) is 6.92 Å². The van der Waals surface area contributed by atoms with Crippen molar-refractivity contribution in [3.63, 3.8) is 0 Å². The number of hydrogen-bond acceptors (Lipinski definition) is 5. The molecule has 8 nitrogen and oxygen atoms in total. The zero-order valence-electron chi connectivity index (χ0n) is 11.0. The number of phenols is 1. The van der Waals surface area contributed by atoms with Crippen molar-refractivity contribution in [2.24, 2.45) is 0 Å². The van der Waals surface area contributed by atoms with Gasteiger partial charge in [0.05, 0.1) is 0 Å². The van der Waals surface area contributed by atoms with Crippen molar-refractivity contribution in [3.05, 3.63) is 43.0 Å². The van der Waals surface area contributed by atoms with Gasteiger partial charge in [0.1, 0.15) is 6.33 Å². The number of rotatable bonds is 2. The number of aromatic hydroxyl groups is 1. The predicted molar refractivity (Wildman–Crippen MR) is 75.0 cm³/mol. The van der Waals surface area contributed by atoms with Gasteiger partial charge in [-0.25, -0.2) is 9.97 Å². The fourth-order valence-corrected chi connectivity index (χ4v) is 2.72. The number of carbonyl (C=O) groups is 1. The molecule has 0 aliphatic rings. The molecule has 0 fully saturated rings. The average molecular weight is 355 g/mol. The van der Waals surface area contributed by atoms with Crippen LogP contribution < -0.4 is 9.67 Å². The molecular weight excluding hydrogens is 341 g/mol. The van der Waals surface area contributed by atoms with Gasteiger partial charge >= 0.3 is 88.1 Å². The van der Waals surface area contributed by atoms with Crippen LogP contribution in [-0.2, 0) is 8.53 Å². The van der Waals surface area contributed by atoms with Gasteiger partial charge in [-0.05, 0) is 6.07 Å². The molecule has 112 valence electrons. The minimum atomic E-state index is -5.15. The average Bonchev–Trinajstić information content (AvgIpc) is 2.42. The van der Waals surface area contributed by atoms with Crippen molar-refractivity contribution >= 4 is 30.1 Å². The molecule has 1 aromatic carbocycles. The number of hydrogen-bond donors (Lipinski definition) is 4. The summed E-state index contributed by atoms with van der Waals surface area (Å²) in [5, 5.41) is 11.6. The molecule has 0 aliphatic carbocycles. The molecule has 9 heteroatoms. The maximum Gasteiger partial charge on any atom is 0.115 e. The van der Waals surface area contributed by atoms with Crippen molar-refractivity contribution < 1.29 is 21.8 Å². The van der Waals surface area contributed by atoms with Gasteiger partial charge in [-0.1, -0.05) is 0 Å². The second-order valence-electron chi connectivity index (χ2n) is 3.83. The first-order valence-electron chi connectivity index (χ1n) is 5.67. The molecule has 0 saturated carbocycles. The summed E-state index contributed by atoms with van der Waals surface area (Å²) in [4.78, 5) is 18.0. The molecular formula is C12H14AsN3O5. The summed E-state index contributed by atoms with van der Waals surface area (Å²) in [6.45, 7) is 1.27. The molecule has 0 atom stereocenters. The Bertz CT molecular complexity index is 618. The minimum absolute atomic E-state index is 0.236. The van der Waals surface area contributed by atoms with E-state index in [4.69, 9.17) is 8.19 Å². The van der Waals surface area contributed by atoms with Crippen LogP contribution in [0.5, 0.6) is 5.75 Å². The van der Waals surface area contributed by atoms with Crippen LogP contribution in [0.1, 0.15) is 6.92 Å². The Balaban J connectivity index is 0.000000304. The van der Waals surface area contributed by atoms with Crippen molar-refractivity contribution in [3.8, 4) is 5.75 Å². The van der Waals surface area contributed by atoms with Gasteiger partial charge in [0.2, 0.25) is 0 Å². The minimum Gasteiger partial charge on any atom is -0.245 e. The first-order valence-corrected chi connectivity index (χ1v) is 9.05. The van der Waals surface area contributed by atoms with Gasteiger partial charge in [-0.3, -0.25) is 0 Å². The summed E-state index contributed by atoms with van der Waals surface area (Å²) in [7, 11) is 0. The van der Waals surface area contributed by atoms with E-state index in [-0.39, 0.29) is 11.6 Å². The Hall–Kier alpha value is -2.15. The molecule has 0 radical (unpaired) electrons. The summed E-state index contributed by atoms with van der Waals surface area (Å²) in [6.07, 6.45) is 4.88. The summed E-state index contributed by atoms with van der Waals surface area (Å²) < 4.78 is 28.4. The Morgan fingerprint density at radius 1 is 1.24 bits per heavy atom. The maximum absolute atomic E-state index is 11.0. The number of phenolic OH excluding ortho intramolecular Hbond substituents is 1. The van der Waals surface area contributed by atoms with E-state index in [1.807, 2.05) is 0 Å². The van der Waals surface area contributed by atoms with Crippen molar-refractivity contribution in [2.75, 3.05) is 5.32 Å². The Morgan fingerprint density at radius 2 is 1.86 bits per heavy atom. The Morgan fingerprint density at radius 3 is 2.24 bits per heavy atom. The fraction of sp³-hybridized carbons (Fsp3) is 0.0833. The van der Waals surface area contributed by atoms with E-state index in [0.717, 1.165) is 12.1 Å². The Kier molecular flexibility index (Phi) is 6.10. The molecule has 1 heterocycles. The monoisotopic (exact) mass is 355 g/mol. The largest absolute Gasteiger partial charge is 0.245 e. The van der Waals surface area contributed by atoms with Crippen LogP contribution in [0.3, 0.4) is 0 Å². The van der Waals surface area contributed by atoms with E-state index < -0.39 is 24.3 Å². The zero-order valence-corrected chi connectivity index (χ0v) is 12.9. The van der Waals surface area contributed by atoms with E-state index in [2.05, 4.69) is 15.3 Å². The molecule has 0 unspecified atom stereocenters. The van der Waals surface area contributed by atoms with Gasteiger partial charge in [-0.2, -0.15) is 0 Å². The number of aromatic nitrogens is 2. The van der Waals surface area contributed by atoms with Gasteiger partial charge in [0.15, 0.2) is 0 Å². The number of benzene rings is 1. The van der Waals surface area contributed by atoms with E-state index in [0.29, 0.717) is 0 Å². The third-order valence-corrected chi connectivity index (χ3v) is 4.16. The molecule has 1 amide bonds.